The van der Waals surface area contributed by atoms with E-state index in [-0.39, 0.29) is 5.54 Å². The molecule has 0 saturated carbocycles. The largest absolute Gasteiger partial charge is 0.223 e. The molecular weight excluding hydrogens is 308 g/mol. The van der Waals surface area contributed by atoms with Crippen LogP contribution in [0.3, 0.4) is 0 Å². The first-order valence-electron chi connectivity index (χ1n) is 8.30. The molecule has 0 amide bonds. The maximum atomic E-state index is 4.08. The van der Waals surface area contributed by atoms with Crippen molar-refractivity contribution in [1.82, 2.24) is 0 Å². The van der Waals surface area contributed by atoms with Gasteiger partial charge in [-0.1, -0.05) is 36.4 Å². The predicted molar refractivity (Wildman–Crippen MR) is 107 cm³/mol. The van der Waals surface area contributed by atoms with E-state index in [0.717, 1.165) is 11.4 Å². The van der Waals surface area contributed by atoms with E-state index in [1.54, 1.807) is 0 Å². The van der Waals surface area contributed by atoms with Gasteiger partial charge in [0.1, 0.15) is 6.01 Å². The topological polar surface area (TPSA) is 49.4 Å². The summed E-state index contributed by atoms with van der Waals surface area (Å²) in [5.41, 5.74) is 1.67. The molecule has 4 heteroatoms. The van der Waals surface area contributed by atoms with E-state index in [9.17, 15) is 0 Å². The van der Waals surface area contributed by atoms with Gasteiger partial charge in [0.25, 0.3) is 0 Å². The van der Waals surface area contributed by atoms with Gasteiger partial charge in [0.2, 0.25) is 0 Å². The lowest BCUT2D eigenvalue weighted by atomic mass is 10.1. The molecule has 0 heterocycles. The van der Waals surface area contributed by atoms with E-state index in [0.29, 0.717) is 6.04 Å². The van der Waals surface area contributed by atoms with Gasteiger partial charge in [-0.15, -0.1) is 0 Å². The van der Waals surface area contributed by atoms with Crippen LogP contribution in [0.1, 0.15) is 34.6 Å². The van der Waals surface area contributed by atoms with E-state index < -0.39 is 0 Å². The van der Waals surface area contributed by atoms with Crippen molar-refractivity contribution in [3.63, 3.8) is 0 Å². The molecule has 0 aliphatic heterocycles. The molecule has 2 aromatic carbocycles. The van der Waals surface area contributed by atoms with Gasteiger partial charge in [-0.3, -0.25) is 0 Å². The fourth-order valence-electron chi connectivity index (χ4n) is 1.44. The van der Waals surface area contributed by atoms with Gasteiger partial charge in [-0.25, -0.2) is 9.98 Å². The van der Waals surface area contributed by atoms with Gasteiger partial charge in [0, 0.05) is 0 Å². The molecule has 0 radical (unpaired) electrons. The Hall–Kier alpha value is -2.80. The average Bonchev–Trinajstić information content (AvgIpc) is 2.56. The normalized spacial score (nSPS) is 9.84. The SMILES string of the molecule is C(=Nc1ccccc1)=Nc1ccccc1.CC(C)N=C=NC(C)(C)C. The van der Waals surface area contributed by atoms with Crippen molar-refractivity contribution in [1.29, 1.82) is 0 Å². The van der Waals surface area contributed by atoms with Crippen LogP contribution in [-0.4, -0.2) is 23.6 Å². The molecule has 0 saturated heterocycles. The second-order valence-electron chi connectivity index (χ2n) is 6.60. The molecule has 25 heavy (non-hydrogen) atoms. The van der Waals surface area contributed by atoms with Gasteiger partial charge in [0.15, 0.2) is 0 Å². The molecule has 0 atom stereocenters. The number of hydrogen-bond acceptors (Lipinski definition) is 4. The zero-order valence-corrected chi connectivity index (χ0v) is 15.6. The minimum absolute atomic E-state index is 0.0433. The lowest BCUT2D eigenvalue weighted by Gasteiger charge is -2.06. The summed E-state index contributed by atoms with van der Waals surface area (Å²) in [4.78, 5) is 16.2. The molecule has 0 N–H and O–H groups in total. The summed E-state index contributed by atoms with van der Waals surface area (Å²) in [6.07, 6.45) is 0. The highest BCUT2D eigenvalue weighted by molar-refractivity contribution is 5.57. The highest BCUT2D eigenvalue weighted by atomic mass is 14.9. The Labute approximate surface area is 150 Å². The van der Waals surface area contributed by atoms with Crippen molar-refractivity contribution < 1.29 is 0 Å². The van der Waals surface area contributed by atoms with Crippen LogP contribution in [0.15, 0.2) is 80.6 Å². The molecular formula is C21H26N4. The van der Waals surface area contributed by atoms with E-state index in [1.807, 2.05) is 95.3 Å². The Kier molecular flexibility index (Phi) is 8.81. The first kappa shape index (κ1) is 20.2. The van der Waals surface area contributed by atoms with E-state index in [2.05, 4.69) is 32.0 Å². The van der Waals surface area contributed by atoms with Gasteiger partial charge < -0.3 is 0 Å². The first-order chi connectivity index (χ1) is 11.9. The molecule has 130 valence electrons. The van der Waals surface area contributed by atoms with E-state index in [1.165, 1.54) is 0 Å². The van der Waals surface area contributed by atoms with Gasteiger partial charge in [-0.2, -0.15) is 9.98 Å². The molecule has 4 nitrogen and oxygen atoms in total. The Morgan fingerprint density at radius 1 is 0.720 bits per heavy atom. The van der Waals surface area contributed by atoms with Crippen LogP contribution in [0.5, 0.6) is 0 Å². The Balaban J connectivity index is 0.000000275. The Morgan fingerprint density at radius 2 is 1.16 bits per heavy atom. The van der Waals surface area contributed by atoms with Crippen molar-refractivity contribution in [2.45, 2.75) is 46.2 Å². The monoisotopic (exact) mass is 334 g/mol. The van der Waals surface area contributed by atoms with Crippen LogP contribution >= 0.6 is 0 Å². The molecule has 0 unspecified atom stereocenters. The molecule has 0 aromatic heterocycles. The molecule has 0 bridgehead atoms. The lowest BCUT2D eigenvalue weighted by Crippen LogP contribution is -2.08. The van der Waals surface area contributed by atoms with Crippen LogP contribution in [0.4, 0.5) is 11.4 Å². The highest BCUT2D eigenvalue weighted by Crippen LogP contribution is 2.10. The average molecular weight is 334 g/mol. The molecule has 0 spiro atoms. The second kappa shape index (κ2) is 10.9. The van der Waals surface area contributed by atoms with Gasteiger partial charge in [-0.05, 0) is 58.9 Å². The third kappa shape index (κ3) is 11.4. The molecule has 0 fully saturated rings. The van der Waals surface area contributed by atoms with Crippen molar-refractivity contribution >= 4 is 23.4 Å². The third-order valence-corrected chi connectivity index (χ3v) is 2.57. The van der Waals surface area contributed by atoms with Crippen LogP contribution in [-0.2, 0) is 0 Å². The van der Waals surface area contributed by atoms with Crippen molar-refractivity contribution in [3.05, 3.63) is 60.7 Å². The van der Waals surface area contributed by atoms with E-state index >= 15 is 0 Å². The lowest BCUT2D eigenvalue weighted by molar-refractivity contribution is 0.586. The van der Waals surface area contributed by atoms with Gasteiger partial charge in [0.05, 0.1) is 29.0 Å². The number of para-hydroxylation sites is 2. The number of aliphatic imine (C=N–C) groups is 4. The first-order valence-corrected chi connectivity index (χ1v) is 8.30. The summed E-state index contributed by atoms with van der Waals surface area (Å²) in [6, 6.07) is 24.9. The van der Waals surface area contributed by atoms with Crippen LogP contribution in [0.25, 0.3) is 0 Å². The minimum Gasteiger partial charge on any atom is -0.223 e. The third-order valence-electron chi connectivity index (χ3n) is 2.57. The number of benzene rings is 2. The summed E-state index contributed by atoms with van der Waals surface area (Å²) in [7, 11) is 0. The smallest absolute Gasteiger partial charge is 0.100 e. The standard InChI is InChI=1S/C13H10N2.C8H16N2/c1-3-7-12(8-4-1)14-11-15-13-9-5-2-6-10-13;1-7(2)9-6-10-8(3,4)5/h1-10H;7H,1-5H3. The van der Waals surface area contributed by atoms with Crippen LogP contribution in [0, 0.1) is 0 Å². The van der Waals surface area contributed by atoms with Gasteiger partial charge >= 0.3 is 0 Å². The minimum atomic E-state index is -0.0433. The Morgan fingerprint density at radius 3 is 1.52 bits per heavy atom. The molecule has 2 rings (SSSR count). The summed E-state index contributed by atoms with van der Waals surface area (Å²) < 4.78 is 0. The molecule has 2 aromatic rings. The summed E-state index contributed by atoms with van der Waals surface area (Å²) in [5.74, 6) is 0. The molecule has 0 aliphatic carbocycles. The quantitative estimate of drug-likeness (QED) is 0.601. The zero-order chi connectivity index (χ0) is 18.5. The maximum absolute atomic E-state index is 4.08. The predicted octanol–water partition coefficient (Wildman–Crippen LogP) is 6.19. The number of rotatable bonds is 3. The van der Waals surface area contributed by atoms with Crippen molar-refractivity contribution in [2.75, 3.05) is 0 Å². The summed E-state index contributed by atoms with van der Waals surface area (Å²) >= 11 is 0. The zero-order valence-electron chi connectivity index (χ0n) is 15.6. The molecule has 0 aliphatic rings. The van der Waals surface area contributed by atoms with E-state index in [4.69, 9.17) is 0 Å². The Bertz CT molecular complexity index is 685. The maximum Gasteiger partial charge on any atom is 0.100 e. The van der Waals surface area contributed by atoms with Crippen molar-refractivity contribution in [3.8, 4) is 0 Å². The van der Waals surface area contributed by atoms with Crippen molar-refractivity contribution in [2.24, 2.45) is 20.0 Å². The fraction of sp³-hybridized carbons (Fsp3) is 0.333. The highest BCUT2D eigenvalue weighted by Gasteiger charge is 2.03. The second-order valence-corrected chi connectivity index (χ2v) is 6.60. The summed E-state index contributed by atoms with van der Waals surface area (Å²) in [6.45, 7) is 10.1. The van der Waals surface area contributed by atoms with Crippen LogP contribution in [0.2, 0.25) is 0 Å². The number of nitrogens with zero attached hydrogens (tertiary/aromatic N) is 4. The van der Waals surface area contributed by atoms with Crippen LogP contribution < -0.4 is 0 Å². The number of hydrogen-bond donors (Lipinski definition) is 0. The fourth-order valence-corrected chi connectivity index (χ4v) is 1.44. The summed E-state index contributed by atoms with van der Waals surface area (Å²) in [5, 5.41) is 0.